The Balaban J connectivity index is 2.42. The van der Waals surface area contributed by atoms with Crippen molar-refractivity contribution in [2.45, 2.75) is 18.2 Å². The Morgan fingerprint density at radius 3 is 2.85 bits per heavy atom. The van der Waals surface area contributed by atoms with Crippen molar-refractivity contribution in [3.63, 3.8) is 0 Å². The van der Waals surface area contributed by atoms with Crippen LogP contribution in [0.5, 0.6) is 0 Å². The van der Waals surface area contributed by atoms with E-state index < -0.39 is 10.9 Å². The molecule has 20 heavy (non-hydrogen) atoms. The van der Waals surface area contributed by atoms with Gasteiger partial charge in [0, 0.05) is 33.9 Å². The predicted molar refractivity (Wildman–Crippen MR) is 76.1 cm³/mol. The number of nitro groups is 1. The second kappa shape index (κ2) is 5.87. The number of carboxylic acids is 1. The summed E-state index contributed by atoms with van der Waals surface area (Å²) in [5.41, 5.74) is 1.47. The summed E-state index contributed by atoms with van der Waals surface area (Å²) >= 11 is 1.37. The van der Waals surface area contributed by atoms with Gasteiger partial charge in [0.1, 0.15) is 0 Å². The number of thioether (sulfide) groups is 1. The van der Waals surface area contributed by atoms with Crippen molar-refractivity contribution in [1.29, 1.82) is 0 Å². The fourth-order valence-corrected chi connectivity index (χ4v) is 2.86. The van der Waals surface area contributed by atoms with Crippen molar-refractivity contribution in [2.24, 2.45) is 0 Å². The van der Waals surface area contributed by atoms with E-state index in [9.17, 15) is 14.9 Å². The number of hydrogen-bond donors (Lipinski definition) is 1. The van der Waals surface area contributed by atoms with E-state index in [0.29, 0.717) is 16.7 Å². The molecule has 0 saturated heterocycles. The summed E-state index contributed by atoms with van der Waals surface area (Å²) in [6.45, 7) is 1.84. The summed E-state index contributed by atoms with van der Waals surface area (Å²) in [5.74, 6) is -0.449. The van der Waals surface area contributed by atoms with Crippen molar-refractivity contribution in [2.75, 3.05) is 5.75 Å². The van der Waals surface area contributed by atoms with Gasteiger partial charge in [0.05, 0.1) is 16.9 Å². The first-order valence-corrected chi connectivity index (χ1v) is 6.86. The zero-order valence-corrected chi connectivity index (χ0v) is 11.5. The fraction of sp³-hybridized carbons (Fsp3) is 0.231. The van der Waals surface area contributed by atoms with Gasteiger partial charge in [-0.15, -0.1) is 11.8 Å². The molecule has 0 aliphatic rings. The molecule has 1 aromatic carbocycles. The Morgan fingerprint density at radius 1 is 1.45 bits per heavy atom. The van der Waals surface area contributed by atoms with Crippen LogP contribution in [0.1, 0.15) is 12.1 Å². The third kappa shape index (κ3) is 3.24. The molecule has 0 spiro atoms. The molecule has 0 fully saturated rings. The highest BCUT2D eigenvalue weighted by molar-refractivity contribution is 7.99. The molecule has 0 radical (unpaired) electrons. The SMILES string of the molecule is Cc1cc(SCCC(=O)O)c2cc([N+](=O)[O-])ccc2n1. The fourth-order valence-electron chi connectivity index (χ4n) is 1.79. The van der Waals surface area contributed by atoms with Crippen LogP contribution in [0, 0.1) is 17.0 Å². The highest BCUT2D eigenvalue weighted by Gasteiger charge is 2.11. The molecule has 104 valence electrons. The average molecular weight is 292 g/mol. The van der Waals surface area contributed by atoms with Crippen LogP contribution in [-0.2, 0) is 4.79 Å². The van der Waals surface area contributed by atoms with E-state index in [1.165, 1.54) is 23.9 Å². The number of hydrogen-bond acceptors (Lipinski definition) is 5. The molecule has 1 heterocycles. The Bertz CT molecular complexity index is 687. The summed E-state index contributed by atoms with van der Waals surface area (Å²) in [5, 5.41) is 20.2. The maximum Gasteiger partial charge on any atom is 0.304 e. The standard InChI is InChI=1S/C13H12N2O4S/c1-8-6-12(20-5-4-13(16)17)10-7-9(15(18)19)2-3-11(10)14-8/h2-3,6-7H,4-5H2,1H3,(H,16,17). The summed E-state index contributed by atoms with van der Waals surface area (Å²) in [7, 11) is 0. The lowest BCUT2D eigenvalue weighted by molar-refractivity contribution is -0.384. The Labute approximate surface area is 119 Å². The van der Waals surface area contributed by atoms with E-state index in [1.807, 2.05) is 13.0 Å². The number of aromatic nitrogens is 1. The van der Waals surface area contributed by atoms with Crippen molar-refractivity contribution in [1.82, 2.24) is 4.98 Å². The van der Waals surface area contributed by atoms with E-state index in [0.717, 1.165) is 10.6 Å². The van der Waals surface area contributed by atoms with Crippen LogP contribution in [-0.4, -0.2) is 26.7 Å². The second-order valence-corrected chi connectivity index (χ2v) is 5.35. The third-order valence-electron chi connectivity index (χ3n) is 2.67. The van der Waals surface area contributed by atoms with Crippen LogP contribution in [0.25, 0.3) is 10.9 Å². The maximum absolute atomic E-state index is 10.8. The Morgan fingerprint density at radius 2 is 2.20 bits per heavy atom. The van der Waals surface area contributed by atoms with Crippen LogP contribution in [0.3, 0.4) is 0 Å². The minimum absolute atomic E-state index is 0.00300. The van der Waals surface area contributed by atoms with Crippen LogP contribution in [0.4, 0.5) is 5.69 Å². The second-order valence-electron chi connectivity index (χ2n) is 4.21. The topological polar surface area (TPSA) is 93.3 Å². The van der Waals surface area contributed by atoms with Gasteiger partial charge < -0.3 is 5.11 Å². The van der Waals surface area contributed by atoms with Gasteiger partial charge in [0.15, 0.2) is 0 Å². The Kier molecular flexibility index (Phi) is 4.19. The lowest BCUT2D eigenvalue weighted by Crippen LogP contribution is -1.96. The number of pyridine rings is 1. The minimum atomic E-state index is -0.862. The highest BCUT2D eigenvalue weighted by Crippen LogP contribution is 2.30. The average Bonchev–Trinajstić information content (AvgIpc) is 2.37. The summed E-state index contributed by atoms with van der Waals surface area (Å²) in [6.07, 6.45) is 0.0441. The number of carboxylic acid groups (broad SMARTS) is 1. The molecule has 1 N–H and O–H groups in total. The number of rotatable bonds is 5. The van der Waals surface area contributed by atoms with Crippen molar-refractivity contribution in [3.05, 3.63) is 40.1 Å². The summed E-state index contributed by atoms with van der Waals surface area (Å²) in [4.78, 5) is 26.1. The number of fused-ring (bicyclic) bond motifs is 1. The van der Waals surface area contributed by atoms with Crippen LogP contribution in [0.15, 0.2) is 29.2 Å². The maximum atomic E-state index is 10.8. The number of non-ortho nitro benzene ring substituents is 1. The number of benzene rings is 1. The van der Waals surface area contributed by atoms with Crippen molar-refractivity contribution < 1.29 is 14.8 Å². The normalized spacial score (nSPS) is 10.7. The summed E-state index contributed by atoms with van der Waals surface area (Å²) < 4.78 is 0. The van der Waals surface area contributed by atoms with E-state index in [-0.39, 0.29) is 12.1 Å². The monoisotopic (exact) mass is 292 g/mol. The molecule has 7 heteroatoms. The first-order valence-electron chi connectivity index (χ1n) is 5.88. The molecule has 2 rings (SSSR count). The van der Waals surface area contributed by atoms with Gasteiger partial charge in [0.25, 0.3) is 5.69 Å². The minimum Gasteiger partial charge on any atom is -0.481 e. The lowest BCUT2D eigenvalue weighted by atomic mass is 10.2. The molecule has 0 bridgehead atoms. The highest BCUT2D eigenvalue weighted by atomic mass is 32.2. The molecule has 0 atom stereocenters. The largest absolute Gasteiger partial charge is 0.481 e. The van der Waals surface area contributed by atoms with Gasteiger partial charge in [-0.1, -0.05) is 0 Å². The van der Waals surface area contributed by atoms with Gasteiger partial charge >= 0.3 is 5.97 Å². The molecular weight excluding hydrogens is 280 g/mol. The molecule has 0 aliphatic carbocycles. The molecule has 2 aromatic rings. The molecule has 1 aromatic heterocycles. The quantitative estimate of drug-likeness (QED) is 0.517. The lowest BCUT2D eigenvalue weighted by Gasteiger charge is -2.07. The molecular formula is C13H12N2O4S. The molecule has 0 unspecified atom stereocenters. The van der Waals surface area contributed by atoms with Crippen LogP contribution < -0.4 is 0 Å². The number of nitro benzene ring substituents is 1. The van der Waals surface area contributed by atoms with E-state index in [1.54, 1.807) is 6.07 Å². The third-order valence-corrected chi connectivity index (χ3v) is 3.72. The zero-order chi connectivity index (χ0) is 14.7. The number of nitrogens with zero attached hydrogens (tertiary/aromatic N) is 2. The van der Waals surface area contributed by atoms with E-state index in [2.05, 4.69) is 4.98 Å². The Hall–Kier alpha value is -2.15. The molecule has 0 saturated carbocycles. The first kappa shape index (κ1) is 14.3. The van der Waals surface area contributed by atoms with Crippen LogP contribution >= 0.6 is 11.8 Å². The van der Waals surface area contributed by atoms with E-state index >= 15 is 0 Å². The zero-order valence-electron chi connectivity index (χ0n) is 10.7. The predicted octanol–water partition coefficient (Wildman–Crippen LogP) is 3.02. The number of aryl methyl sites for hydroxylation is 1. The number of carbonyl (C=O) groups is 1. The van der Waals surface area contributed by atoms with E-state index in [4.69, 9.17) is 5.11 Å². The number of aliphatic carboxylic acids is 1. The first-order chi connectivity index (χ1) is 9.47. The summed E-state index contributed by atoms with van der Waals surface area (Å²) in [6, 6.07) is 6.33. The van der Waals surface area contributed by atoms with Gasteiger partial charge in [-0.2, -0.15) is 0 Å². The van der Waals surface area contributed by atoms with Gasteiger partial charge in [-0.05, 0) is 19.1 Å². The van der Waals surface area contributed by atoms with Gasteiger partial charge in [-0.25, -0.2) is 0 Å². The smallest absolute Gasteiger partial charge is 0.304 e. The van der Waals surface area contributed by atoms with Crippen LogP contribution in [0.2, 0.25) is 0 Å². The van der Waals surface area contributed by atoms with Gasteiger partial charge in [0.2, 0.25) is 0 Å². The molecule has 0 amide bonds. The molecule has 6 nitrogen and oxygen atoms in total. The van der Waals surface area contributed by atoms with Gasteiger partial charge in [-0.3, -0.25) is 19.9 Å². The van der Waals surface area contributed by atoms with Crippen molar-refractivity contribution >= 4 is 34.3 Å². The van der Waals surface area contributed by atoms with Crippen molar-refractivity contribution in [3.8, 4) is 0 Å². The molecule has 0 aliphatic heterocycles.